The Labute approximate surface area is 127 Å². The normalized spacial score (nSPS) is 14.9. The van der Waals surface area contributed by atoms with Gasteiger partial charge in [-0.3, -0.25) is 4.79 Å². The smallest absolute Gasteiger partial charge is 0.251 e. The van der Waals surface area contributed by atoms with Crippen LogP contribution in [0.2, 0.25) is 0 Å². The summed E-state index contributed by atoms with van der Waals surface area (Å²) in [6.07, 6.45) is 5.07. The predicted molar refractivity (Wildman–Crippen MR) is 86.8 cm³/mol. The molecule has 4 heteroatoms. The number of nitrogens with zero attached hydrogens (tertiary/aromatic N) is 1. The van der Waals surface area contributed by atoms with E-state index in [0.29, 0.717) is 5.56 Å². The third-order valence-electron chi connectivity index (χ3n) is 3.88. The fourth-order valence-corrected chi connectivity index (χ4v) is 2.28. The van der Waals surface area contributed by atoms with E-state index in [2.05, 4.69) is 36.4 Å². The van der Waals surface area contributed by atoms with Crippen molar-refractivity contribution < 1.29 is 4.79 Å². The first-order valence-corrected chi connectivity index (χ1v) is 7.88. The lowest BCUT2D eigenvalue weighted by Crippen LogP contribution is -2.26. The Kier molecular flexibility index (Phi) is 4.86. The molecular formula is C17H27N3O. The molecule has 4 nitrogen and oxygen atoms in total. The number of carbonyl (C=O) groups excluding carboxylic acids is 1. The zero-order chi connectivity index (χ0) is 15.5. The van der Waals surface area contributed by atoms with E-state index in [9.17, 15) is 4.79 Å². The van der Waals surface area contributed by atoms with E-state index < -0.39 is 0 Å². The molecule has 2 N–H and O–H groups in total. The van der Waals surface area contributed by atoms with Gasteiger partial charge in [-0.25, -0.2) is 4.98 Å². The van der Waals surface area contributed by atoms with Gasteiger partial charge in [0.2, 0.25) is 0 Å². The SMILES string of the molecule is CNc1cc(C(=O)NCCCC2CC2)cc(C(C)(C)C)n1. The monoisotopic (exact) mass is 289 g/mol. The van der Waals surface area contributed by atoms with E-state index in [1.54, 1.807) is 0 Å². The summed E-state index contributed by atoms with van der Waals surface area (Å²) >= 11 is 0. The lowest BCUT2D eigenvalue weighted by molar-refractivity contribution is 0.0952. The van der Waals surface area contributed by atoms with Crippen LogP contribution in [0.15, 0.2) is 12.1 Å². The molecule has 1 aromatic rings. The molecule has 0 atom stereocenters. The van der Waals surface area contributed by atoms with Gasteiger partial charge < -0.3 is 10.6 Å². The minimum atomic E-state index is -0.0755. The molecule has 1 amide bonds. The largest absolute Gasteiger partial charge is 0.373 e. The van der Waals surface area contributed by atoms with E-state index in [0.717, 1.165) is 30.4 Å². The molecule has 1 aromatic heterocycles. The molecule has 116 valence electrons. The van der Waals surface area contributed by atoms with Crippen molar-refractivity contribution in [3.8, 4) is 0 Å². The molecule has 0 bridgehead atoms. The lowest BCUT2D eigenvalue weighted by atomic mass is 9.90. The molecule has 1 aliphatic rings. The van der Waals surface area contributed by atoms with Crippen molar-refractivity contribution >= 4 is 11.7 Å². The highest BCUT2D eigenvalue weighted by Crippen LogP contribution is 2.33. The summed E-state index contributed by atoms with van der Waals surface area (Å²) in [7, 11) is 1.83. The van der Waals surface area contributed by atoms with Crippen LogP contribution in [0.4, 0.5) is 5.82 Å². The maximum atomic E-state index is 12.3. The van der Waals surface area contributed by atoms with Crippen LogP contribution in [-0.4, -0.2) is 24.5 Å². The Morgan fingerprint density at radius 2 is 2.05 bits per heavy atom. The van der Waals surface area contributed by atoms with Crippen molar-refractivity contribution in [2.24, 2.45) is 5.92 Å². The number of amides is 1. The first kappa shape index (κ1) is 15.8. The van der Waals surface area contributed by atoms with Crippen LogP contribution in [0.1, 0.15) is 62.5 Å². The number of pyridine rings is 1. The van der Waals surface area contributed by atoms with Crippen LogP contribution in [0.25, 0.3) is 0 Å². The Morgan fingerprint density at radius 3 is 2.62 bits per heavy atom. The molecule has 0 unspecified atom stereocenters. The Hall–Kier alpha value is -1.58. The maximum absolute atomic E-state index is 12.3. The van der Waals surface area contributed by atoms with E-state index in [1.807, 2.05) is 19.2 Å². The van der Waals surface area contributed by atoms with Crippen LogP contribution >= 0.6 is 0 Å². The van der Waals surface area contributed by atoms with Crippen LogP contribution in [0.5, 0.6) is 0 Å². The quantitative estimate of drug-likeness (QED) is 0.790. The van der Waals surface area contributed by atoms with Crippen molar-refractivity contribution in [2.45, 2.75) is 51.9 Å². The maximum Gasteiger partial charge on any atom is 0.251 e. The number of carbonyl (C=O) groups is 1. The van der Waals surface area contributed by atoms with Crippen molar-refractivity contribution in [2.75, 3.05) is 18.9 Å². The number of hydrogen-bond acceptors (Lipinski definition) is 3. The summed E-state index contributed by atoms with van der Waals surface area (Å²) < 4.78 is 0. The fourth-order valence-electron chi connectivity index (χ4n) is 2.28. The average Bonchev–Trinajstić information content (AvgIpc) is 3.26. The number of nitrogens with one attached hydrogen (secondary N) is 2. The highest BCUT2D eigenvalue weighted by Gasteiger charge is 2.21. The molecule has 0 spiro atoms. The highest BCUT2D eigenvalue weighted by molar-refractivity contribution is 5.95. The second-order valence-corrected chi connectivity index (χ2v) is 6.97. The molecule has 1 heterocycles. The Morgan fingerprint density at radius 1 is 1.33 bits per heavy atom. The topological polar surface area (TPSA) is 54.0 Å². The predicted octanol–water partition coefficient (Wildman–Crippen LogP) is 3.34. The molecule has 2 rings (SSSR count). The van der Waals surface area contributed by atoms with Crippen LogP contribution in [0, 0.1) is 5.92 Å². The summed E-state index contributed by atoms with van der Waals surface area (Å²) in [5, 5.41) is 6.05. The molecular weight excluding hydrogens is 262 g/mol. The van der Waals surface area contributed by atoms with Gasteiger partial charge in [0.1, 0.15) is 5.82 Å². The van der Waals surface area contributed by atoms with Gasteiger partial charge in [-0.2, -0.15) is 0 Å². The van der Waals surface area contributed by atoms with Gasteiger partial charge in [0, 0.05) is 30.3 Å². The molecule has 0 radical (unpaired) electrons. The lowest BCUT2D eigenvalue weighted by Gasteiger charge is -2.19. The zero-order valence-electron chi connectivity index (χ0n) is 13.6. The number of aromatic nitrogens is 1. The van der Waals surface area contributed by atoms with Crippen molar-refractivity contribution in [1.29, 1.82) is 0 Å². The van der Waals surface area contributed by atoms with Gasteiger partial charge in [0.05, 0.1) is 0 Å². The summed E-state index contributed by atoms with van der Waals surface area (Å²) in [5.74, 6) is 1.66. The van der Waals surface area contributed by atoms with Gasteiger partial charge in [-0.05, 0) is 30.9 Å². The molecule has 1 aliphatic carbocycles. The average molecular weight is 289 g/mol. The first-order valence-electron chi connectivity index (χ1n) is 7.88. The Balaban J connectivity index is 2.00. The summed E-state index contributed by atoms with van der Waals surface area (Å²) in [4.78, 5) is 16.8. The second kappa shape index (κ2) is 6.46. The third kappa shape index (κ3) is 4.73. The van der Waals surface area contributed by atoms with Gasteiger partial charge in [-0.15, -0.1) is 0 Å². The van der Waals surface area contributed by atoms with Gasteiger partial charge in [-0.1, -0.05) is 33.6 Å². The van der Waals surface area contributed by atoms with Gasteiger partial charge in [0.15, 0.2) is 0 Å². The van der Waals surface area contributed by atoms with Crippen molar-refractivity contribution in [1.82, 2.24) is 10.3 Å². The summed E-state index contributed by atoms with van der Waals surface area (Å²) in [5.41, 5.74) is 1.54. The number of hydrogen-bond donors (Lipinski definition) is 2. The number of rotatable bonds is 6. The molecule has 21 heavy (non-hydrogen) atoms. The van der Waals surface area contributed by atoms with Crippen LogP contribution in [0.3, 0.4) is 0 Å². The van der Waals surface area contributed by atoms with Crippen molar-refractivity contribution in [3.05, 3.63) is 23.4 Å². The molecule has 0 saturated heterocycles. The van der Waals surface area contributed by atoms with Crippen LogP contribution < -0.4 is 10.6 Å². The van der Waals surface area contributed by atoms with Crippen LogP contribution in [-0.2, 0) is 5.41 Å². The standard InChI is InChI=1S/C17H27N3O/c1-17(2,3)14-10-13(11-15(18-4)20-14)16(21)19-9-5-6-12-7-8-12/h10-12H,5-9H2,1-4H3,(H,18,20)(H,19,21). The first-order chi connectivity index (χ1) is 9.90. The summed E-state index contributed by atoms with van der Waals surface area (Å²) in [6.45, 7) is 7.07. The Bertz CT molecular complexity index is 501. The minimum Gasteiger partial charge on any atom is -0.373 e. The third-order valence-corrected chi connectivity index (χ3v) is 3.88. The van der Waals surface area contributed by atoms with Crippen molar-refractivity contribution in [3.63, 3.8) is 0 Å². The second-order valence-electron chi connectivity index (χ2n) is 6.97. The van der Waals surface area contributed by atoms with Gasteiger partial charge >= 0.3 is 0 Å². The van der Waals surface area contributed by atoms with E-state index in [1.165, 1.54) is 19.3 Å². The summed E-state index contributed by atoms with van der Waals surface area (Å²) in [6, 6.07) is 3.71. The molecule has 1 saturated carbocycles. The van der Waals surface area contributed by atoms with Gasteiger partial charge in [0.25, 0.3) is 5.91 Å². The molecule has 1 fully saturated rings. The van der Waals surface area contributed by atoms with E-state index in [4.69, 9.17) is 0 Å². The fraction of sp³-hybridized carbons (Fsp3) is 0.647. The van der Waals surface area contributed by atoms with E-state index >= 15 is 0 Å². The number of anilines is 1. The van der Waals surface area contributed by atoms with E-state index in [-0.39, 0.29) is 11.3 Å². The molecule has 0 aliphatic heterocycles. The highest BCUT2D eigenvalue weighted by atomic mass is 16.1. The minimum absolute atomic E-state index is 0.00445. The zero-order valence-corrected chi connectivity index (χ0v) is 13.6. The molecule has 0 aromatic carbocycles.